The first kappa shape index (κ1) is 18.4. The molecule has 1 aromatic carbocycles. The van der Waals surface area contributed by atoms with Gasteiger partial charge in [0.05, 0.1) is 16.8 Å². The van der Waals surface area contributed by atoms with Gasteiger partial charge in [-0.3, -0.25) is 0 Å². The van der Waals surface area contributed by atoms with Crippen LogP contribution in [0.1, 0.15) is 35.7 Å². The lowest BCUT2D eigenvalue weighted by atomic mass is 10.00. The molecular formula is C18H18ClNO6. The van der Waals surface area contributed by atoms with Gasteiger partial charge in [0.25, 0.3) is 0 Å². The first-order valence-electron chi connectivity index (χ1n) is 8.19. The van der Waals surface area contributed by atoms with E-state index in [0.717, 1.165) is 6.07 Å². The lowest BCUT2D eigenvalue weighted by Crippen LogP contribution is -2.19. The smallest absolute Gasteiger partial charge is 0.342 e. The number of nitrogens with zero attached hydrogens (tertiary/aromatic N) is 1. The molecular weight excluding hydrogens is 362 g/mol. The molecule has 2 N–H and O–H groups in total. The molecule has 138 valence electrons. The highest BCUT2D eigenvalue weighted by molar-refractivity contribution is 6.33. The quantitative estimate of drug-likeness (QED) is 0.334. The number of ether oxygens (including phenoxy) is 2. The minimum absolute atomic E-state index is 0.0350. The second-order valence-corrected chi connectivity index (χ2v) is 6.68. The number of benzene rings is 1. The largest absolute Gasteiger partial charge is 0.507 e. The van der Waals surface area contributed by atoms with Crippen LogP contribution < -0.4 is 0 Å². The predicted octanol–water partition coefficient (Wildman–Crippen LogP) is 3.61. The maximum Gasteiger partial charge on any atom is 0.342 e. The number of epoxide rings is 1. The van der Waals surface area contributed by atoms with Crippen molar-refractivity contribution in [3.63, 3.8) is 0 Å². The molecule has 1 fully saturated rings. The Balaban J connectivity index is 2.04. The van der Waals surface area contributed by atoms with Gasteiger partial charge in [0.1, 0.15) is 29.3 Å². The van der Waals surface area contributed by atoms with Gasteiger partial charge >= 0.3 is 5.97 Å². The second-order valence-electron chi connectivity index (χ2n) is 6.30. The van der Waals surface area contributed by atoms with Gasteiger partial charge in [-0.25, -0.2) is 4.79 Å². The maximum atomic E-state index is 12.6. The zero-order valence-electron chi connectivity index (χ0n) is 14.0. The van der Waals surface area contributed by atoms with Gasteiger partial charge in [-0.1, -0.05) is 29.8 Å². The molecule has 0 radical (unpaired) electrons. The van der Waals surface area contributed by atoms with Crippen molar-refractivity contribution in [2.24, 2.45) is 5.18 Å². The molecule has 26 heavy (non-hydrogen) atoms. The number of phenols is 2. The lowest BCUT2D eigenvalue weighted by molar-refractivity contribution is 0.0305. The Labute approximate surface area is 154 Å². The number of hydrogen-bond acceptors (Lipinski definition) is 7. The molecule has 1 aromatic rings. The molecule has 1 saturated heterocycles. The fourth-order valence-corrected chi connectivity index (χ4v) is 3.17. The molecule has 0 unspecified atom stereocenters. The second kappa shape index (κ2) is 7.47. The number of hydrogen-bond donors (Lipinski definition) is 2. The van der Waals surface area contributed by atoms with Gasteiger partial charge in [0, 0.05) is 18.9 Å². The standard InChI is InChI=1S/C18H18ClNO6/c1-9-6-15-14(26-15)5-3-2-4-10(20-24)7-11-16(18(23)25-9)12(21)8-13(22)17(11)19/h3-5,8-9,14-15,21-22H,2,6-7H2,1H3/b5-3-,10-4+/t9-,14-,15-/m1/s1. The fourth-order valence-electron chi connectivity index (χ4n) is 2.95. The van der Waals surface area contributed by atoms with Crippen molar-refractivity contribution >= 4 is 17.6 Å². The van der Waals surface area contributed by atoms with Crippen LogP contribution in [-0.2, 0) is 15.9 Å². The Kier molecular flexibility index (Phi) is 5.29. The topological polar surface area (TPSA) is 109 Å². The van der Waals surface area contributed by atoms with Crippen LogP contribution in [0.15, 0.2) is 35.2 Å². The van der Waals surface area contributed by atoms with Crippen molar-refractivity contribution in [3.8, 4) is 11.5 Å². The van der Waals surface area contributed by atoms with E-state index in [2.05, 4.69) is 5.18 Å². The highest BCUT2D eigenvalue weighted by Gasteiger charge is 2.38. The van der Waals surface area contributed by atoms with Crippen LogP contribution in [0.25, 0.3) is 0 Å². The molecule has 3 rings (SSSR count). The lowest BCUT2D eigenvalue weighted by Gasteiger charge is -2.17. The van der Waals surface area contributed by atoms with Crippen LogP contribution in [-0.4, -0.2) is 34.5 Å². The number of allylic oxidation sites excluding steroid dienone is 3. The summed E-state index contributed by atoms with van der Waals surface area (Å²) in [5.41, 5.74) is 0.0258. The van der Waals surface area contributed by atoms with Gasteiger partial charge in [-0.05, 0) is 24.1 Å². The number of carbonyl (C=O) groups excluding carboxylic acids is 1. The Bertz CT molecular complexity index is 803. The summed E-state index contributed by atoms with van der Waals surface area (Å²) in [6.07, 6.45) is 5.65. The summed E-state index contributed by atoms with van der Waals surface area (Å²) in [4.78, 5) is 23.7. The summed E-state index contributed by atoms with van der Waals surface area (Å²) in [6, 6.07) is 0.969. The van der Waals surface area contributed by atoms with E-state index in [0.29, 0.717) is 12.8 Å². The van der Waals surface area contributed by atoms with Crippen molar-refractivity contribution < 1.29 is 24.5 Å². The first-order valence-corrected chi connectivity index (χ1v) is 8.57. The van der Waals surface area contributed by atoms with Gasteiger partial charge in [0.2, 0.25) is 0 Å². The third-order valence-corrected chi connectivity index (χ3v) is 4.73. The fraction of sp³-hybridized carbons (Fsp3) is 0.389. The number of esters is 1. The molecule has 2 heterocycles. The highest BCUT2D eigenvalue weighted by atomic mass is 35.5. The van der Waals surface area contributed by atoms with Crippen molar-refractivity contribution in [1.82, 2.24) is 0 Å². The van der Waals surface area contributed by atoms with Crippen molar-refractivity contribution in [3.05, 3.63) is 51.0 Å². The van der Waals surface area contributed by atoms with E-state index in [1.165, 1.54) is 0 Å². The van der Waals surface area contributed by atoms with E-state index < -0.39 is 23.6 Å². The van der Waals surface area contributed by atoms with E-state index in [1.807, 2.05) is 12.2 Å². The molecule has 3 atom stereocenters. The van der Waals surface area contributed by atoms with Crippen LogP contribution in [0.5, 0.6) is 11.5 Å². The SMILES string of the molecule is C[C@@H]1C[C@H]2O[C@@H]2/C=C\C/C=C(/N=O)Cc2c(Cl)c(O)cc(O)c2C(=O)O1. The third-order valence-electron chi connectivity index (χ3n) is 4.31. The molecule has 2 aliphatic heterocycles. The normalized spacial score (nSPS) is 29.2. The summed E-state index contributed by atoms with van der Waals surface area (Å²) < 4.78 is 10.9. The number of carbonyl (C=O) groups is 1. The van der Waals surface area contributed by atoms with Gasteiger partial charge in [-0.2, -0.15) is 0 Å². The number of fused-ring (bicyclic) bond motifs is 2. The maximum absolute atomic E-state index is 12.6. The van der Waals surface area contributed by atoms with Crippen molar-refractivity contribution in [1.29, 1.82) is 0 Å². The number of phenolic OH excluding ortho intramolecular Hbond substituents is 2. The molecule has 7 nitrogen and oxygen atoms in total. The van der Waals surface area contributed by atoms with Crippen molar-refractivity contribution in [2.75, 3.05) is 0 Å². The zero-order chi connectivity index (χ0) is 18.8. The molecule has 0 spiro atoms. The van der Waals surface area contributed by atoms with Crippen LogP contribution >= 0.6 is 11.6 Å². The molecule has 0 bridgehead atoms. The third kappa shape index (κ3) is 3.89. The Hall–Kier alpha value is -2.38. The number of rotatable bonds is 1. The molecule has 8 heteroatoms. The summed E-state index contributed by atoms with van der Waals surface area (Å²) in [6.45, 7) is 1.73. The summed E-state index contributed by atoms with van der Waals surface area (Å²) in [5, 5.41) is 22.8. The van der Waals surface area contributed by atoms with Gasteiger partial charge in [0.15, 0.2) is 0 Å². The Morgan fingerprint density at radius 2 is 2.08 bits per heavy atom. The van der Waals surface area contributed by atoms with Crippen LogP contribution in [0.4, 0.5) is 0 Å². The number of cyclic esters (lactones) is 1. The number of halogens is 1. The van der Waals surface area contributed by atoms with Crippen LogP contribution in [0, 0.1) is 4.91 Å². The van der Waals surface area contributed by atoms with E-state index >= 15 is 0 Å². The molecule has 0 aromatic heterocycles. The highest BCUT2D eigenvalue weighted by Crippen LogP contribution is 2.38. The Morgan fingerprint density at radius 3 is 2.81 bits per heavy atom. The first-order chi connectivity index (χ1) is 12.4. The van der Waals surface area contributed by atoms with Crippen LogP contribution in [0.2, 0.25) is 5.02 Å². The van der Waals surface area contributed by atoms with Gasteiger partial charge < -0.3 is 19.7 Å². The summed E-state index contributed by atoms with van der Waals surface area (Å²) in [5.74, 6) is -1.66. The number of aromatic hydroxyl groups is 2. The molecule has 0 aliphatic carbocycles. The molecule has 0 amide bonds. The molecule has 2 aliphatic rings. The molecule has 0 saturated carbocycles. The van der Waals surface area contributed by atoms with Crippen molar-refractivity contribution in [2.45, 2.75) is 44.5 Å². The Morgan fingerprint density at radius 1 is 1.31 bits per heavy atom. The van der Waals surface area contributed by atoms with Gasteiger partial charge in [-0.15, -0.1) is 4.91 Å². The van der Waals surface area contributed by atoms with E-state index in [-0.39, 0.29) is 40.5 Å². The summed E-state index contributed by atoms with van der Waals surface area (Å²) >= 11 is 6.11. The van der Waals surface area contributed by atoms with E-state index in [9.17, 15) is 19.9 Å². The average molecular weight is 380 g/mol. The van der Waals surface area contributed by atoms with Crippen LogP contribution in [0.3, 0.4) is 0 Å². The minimum atomic E-state index is -0.790. The van der Waals surface area contributed by atoms with E-state index in [4.69, 9.17) is 21.1 Å². The average Bonchev–Trinajstić information content (AvgIpc) is 3.31. The summed E-state index contributed by atoms with van der Waals surface area (Å²) in [7, 11) is 0. The predicted molar refractivity (Wildman–Crippen MR) is 94.3 cm³/mol. The number of nitroso groups, excluding NO2 is 1. The minimum Gasteiger partial charge on any atom is -0.507 e. The zero-order valence-corrected chi connectivity index (χ0v) is 14.8. The van der Waals surface area contributed by atoms with E-state index in [1.54, 1.807) is 13.0 Å². The monoisotopic (exact) mass is 379 g/mol.